The fourth-order valence-electron chi connectivity index (χ4n) is 1.45. The minimum atomic E-state index is -4.51. The fourth-order valence-corrected chi connectivity index (χ4v) is 1.45. The highest BCUT2D eigenvalue weighted by atomic mass is 19.4. The third kappa shape index (κ3) is 4.52. The van der Waals surface area contributed by atoms with Gasteiger partial charge >= 0.3 is 6.18 Å². The van der Waals surface area contributed by atoms with Gasteiger partial charge in [-0.1, -0.05) is 6.92 Å². The number of benzene rings is 1. The first-order valence-corrected chi connectivity index (χ1v) is 5.76. The van der Waals surface area contributed by atoms with Gasteiger partial charge in [-0.3, -0.25) is 0 Å². The van der Waals surface area contributed by atoms with Crippen LogP contribution in [0.1, 0.15) is 18.9 Å². The van der Waals surface area contributed by atoms with E-state index in [9.17, 15) is 17.6 Å². The molecular formula is C12H16F4N2. The van der Waals surface area contributed by atoms with Gasteiger partial charge in [0, 0.05) is 6.54 Å². The SMILES string of the molecule is CCNCCCNc1ccc(C(F)(F)F)cc1F. The Morgan fingerprint density at radius 1 is 1.17 bits per heavy atom. The van der Waals surface area contributed by atoms with Crippen molar-refractivity contribution >= 4 is 5.69 Å². The molecule has 0 saturated heterocycles. The maximum atomic E-state index is 13.4. The molecule has 0 spiro atoms. The van der Waals surface area contributed by atoms with Crippen LogP contribution in [0.5, 0.6) is 0 Å². The largest absolute Gasteiger partial charge is 0.416 e. The number of rotatable bonds is 6. The smallest absolute Gasteiger partial charge is 0.383 e. The summed E-state index contributed by atoms with van der Waals surface area (Å²) in [6.07, 6.45) is -3.74. The van der Waals surface area contributed by atoms with Crippen LogP contribution in [-0.2, 0) is 6.18 Å². The second kappa shape index (κ2) is 6.58. The fraction of sp³-hybridized carbons (Fsp3) is 0.500. The van der Waals surface area contributed by atoms with Crippen LogP contribution < -0.4 is 10.6 Å². The third-order valence-electron chi connectivity index (χ3n) is 2.39. The zero-order valence-electron chi connectivity index (χ0n) is 10.1. The van der Waals surface area contributed by atoms with Crippen molar-refractivity contribution in [2.45, 2.75) is 19.5 Å². The Labute approximate surface area is 103 Å². The molecule has 0 aliphatic heterocycles. The minimum absolute atomic E-state index is 0.0968. The molecule has 0 atom stereocenters. The molecule has 0 aliphatic carbocycles. The molecule has 102 valence electrons. The van der Waals surface area contributed by atoms with E-state index in [0.29, 0.717) is 12.6 Å². The lowest BCUT2D eigenvalue weighted by molar-refractivity contribution is -0.137. The van der Waals surface area contributed by atoms with Crippen molar-refractivity contribution in [3.63, 3.8) is 0 Å². The summed E-state index contributed by atoms with van der Waals surface area (Å²) in [4.78, 5) is 0. The van der Waals surface area contributed by atoms with Gasteiger partial charge in [0.1, 0.15) is 5.82 Å². The van der Waals surface area contributed by atoms with Gasteiger partial charge in [0.2, 0.25) is 0 Å². The molecule has 2 N–H and O–H groups in total. The molecule has 0 amide bonds. The van der Waals surface area contributed by atoms with E-state index in [2.05, 4.69) is 10.6 Å². The molecule has 0 bridgehead atoms. The van der Waals surface area contributed by atoms with E-state index in [0.717, 1.165) is 31.6 Å². The van der Waals surface area contributed by atoms with Gasteiger partial charge in [-0.2, -0.15) is 13.2 Å². The van der Waals surface area contributed by atoms with Gasteiger partial charge in [0.05, 0.1) is 11.3 Å². The lowest BCUT2D eigenvalue weighted by Crippen LogP contribution is -2.17. The topological polar surface area (TPSA) is 24.1 Å². The Morgan fingerprint density at radius 3 is 2.44 bits per heavy atom. The molecule has 1 aromatic rings. The van der Waals surface area contributed by atoms with Crippen molar-refractivity contribution in [1.82, 2.24) is 5.32 Å². The van der Waals surface area contributed by atoms with Crippen LogP contribution in [0.4, 0.5) is 23.2 Å². The molecule has 0 aliphatic rings. The molecule has 2 nitrogen and oxygen atoms in total. The summed E-state index contributed by atoms with van der Waals surface area (Å²) in [5.74, 6) is -0.881. The summed E-state index contributed by atoms with van der Waals surface area (Å²) in [7, 11) is 0. The Morgan fingerprint density at radius 2 is 1.89 bits per heavy atom. The van der Waals surface area contributed by atoms with Crippen molar-refractivity contribution in [1.29, 1.82) is 0 Å². The van der Waals surface area contributed by atoms with Gasteiger partial charge in [0.15, 0.2) is 0 Å². The lowest BCUT2D eigenvalue weighted by Gasteiger charge is -2.11. The monoisotopic (exact) mass is 264 g/mol. The van der Waals surface area contributed by atoms with Crippen LogP contribution in [0.3, 0.4) is 0 Å². The van der Waals surface area contributed by atoms with Crippen molar-refractivity contribution in [2.24, 2.45) is 0 Å². The number of hydrogen-bond donors (Lipinski definition) is 2. The summed E-state index contributed by atoms with van der Waals surface area (Å²) >= 11 is 0. The van der Waals surface area contributed by atoms with Gasteiger partial charge in [-0.05, 0) is 37.7 Å². The zero-order chi connectivity index (χ0) is 13.6. The molecule has 1 rings (SSSR count). The summed E-state index contributed by atoms with van der Waals surface area (Å²) in [5, 5.41) is 5.86. The summed E-state index contributed by atoms with van der Waals surface area (Å²) in [6, 6.07) is 2.49. The van der Waals surface area contributed by atoms with Crippen LogP contribution in [0.2, 0.25) is 0 Å². The average molecular weight is 264 g/mol. The highest BCUT2D eigenvalue weighted by Gasteiger charge is 2.31. The molecule has 6 heteroatoms. The van der Waals surface area contributed by atoms with Crippen molar-refractivity contribution < 1.29 is 17.6 Å². The van der Waals surface area contributed by atoms with Gasteiger partial charge in [-0.25, -0.2) is 4.39 Å². The van der Waals surface area contributed by atoms with Crippen molar-refractivity contribution in [3.05, 3.63) is 29.6 Å². The summed E-state index contributed by atoms with van der Waals surface area (Å²) in [5.41, 5.74) is -0.877. The summed E-state index contributed by atoms with van der Waals surface area (Å²) < 4.78 is 50.3. The van der Waals surface area contributed by atoms with E-state index in [4.69, 9.17) is 0 Å². The Kier molecular flexibility index (Phi) is 5.40. The maximum Gasteiger partial charge on any atom is 0.416 e. The number of nitrogens with one attached hydrogen (secondary N) is 2. The van der Waals surface area contributed by atoms with E-state index in [1.54, 1.807) is 0 Å². The van der Waals surface area contributed by atoms with E-state index in [1.165, 1.54) is 0 Å². The van der Waals surface area contributed by atoms with Crippen LogP contribution in [0, 0.1) is 5.82 Å². The molecule has 0 fully saturated rings. The first kappa shape index (κ1) is 14.8. The molecule has 0 aromatic heterocycles. The average Bonchev–Trinajstić information content (AvgIpc) is 2.29. The van der Waals surface area contributed by atoms with Crippen LogP contribution in [-0.4, -0.2) is 19.6 Å². The van der Waals surface area contributed by atoms with Crippen molar-refractivity contribution in [3.8, 4) is 0 Å². The Balaban J connectivity index is 2.53. The maximum absolute atomic E-state index is 13.4. The van der Waals surface area contributed by atoms with E-state index < -0.39 is 17.6 Å². The summed E-state index contributed by atoms with van der Waals surface area (Å²) in [6.45, 7) is 4.12. The van der Waals surface area contributed by atoms with Crippen LogP contribution in [0.15, 0.2) is 18.2 Å². The number of anilines is 1. The molecular weight excluding hydrogens is 248 g/mol. The second-order valence-corrected chi connectivity index (χ2v) is 3.83. The number of alkyl halides is 3. The van der Waals surface area contributed by atoms with Crippen LogP contribution >= 0.6 is 0 Å². The Bertz CT molecular complexity index is 377. The predicted octanol–water partition coefficient (Wildman–Crippen LogP) is 3.26. The lowest BCUT2D eigenvalue weighted by atomic mass is 10.2. The van der Waals surface area contributed by atoms with Crippen molar-refractivity contribution in [2.75, 3.05) is 25.0 Å². The van der Waals surface area contributed by atoms with Gasteiger partial charge in [-0.15, -0.1) is 0 Å². The quantitative estimate of drug-likeness (QED) is 0.608. The highest BCUT2D eigenvalue weighted by Crippen LogP contribution is 2.31. The second-order valence-electron chi connectivity index (χ2n) is 3.83. The standard InChI is InChI=1S/C12H16F4N2/c1-2-17-6-3-7-18-11-5-4-9(8-10(11)13)12(14,15)16/h4-5,8,17-18H,2-3,6-7H2,1H3. The third-order valence-corrected chi connectivity index (χ3v) is 2.39. The van der Waals surface area contributed by atoms with E-state index in [-0.39, 0.29) is 5.69 Å². The molecule has 18 heavy (non-hydrogen) atoms. The first-order valence-electron chi connectivity index (χ1n) is 5.76. The Hall–Kier alpha value is -1.30. The van der Waals surface area contributed by atoms with Gasteiger partial charge < -0.3 is 10.6 Å². The first-order chi connectivity index (χ1) is 8.45. The van der Waals surface area contributed by atoms with Crippen LogP contribution in [0.25, 0.3) is 0 Å². The molecule has 1 aromatic carbocycles. The van der Waals surface area contributed by atoms with Gasteiger partial charge in [0.25, 0.3) is 0 Å². The zero-order valence-corrected chi connectivity index (χ0v) is 10.1. The highest BCUT2D eigenvalue weighted by molar-refractivity contribution is 5.46. The molecule has 0 radical (unpaired) electrons. The molecule has 0 saturated carbocycles. The van der Waals surface area contributed by atoms with E-state index in [1.807, 2.05) is 6.92 Å². The number of halogens is 4. The predicted molar refractivity (Wildman–Crippen MR) is 63.1 cm³/mol. The molecule has 0 unspecified atom stereocenters. The number of hydrogen-bond acceptors (Lipinski definition) is 2. The minimum Gasteiger partial charge on any atom is -0.383 e. The normalized spacial score (nSPS) is 11.6. The molecule has 0 heterocycles. The van der Waals surface area contributed by atoms with E-state index >= 15 is 0 Å².